The molecule has 0 atom stereocenters. The number of non-ortho nitro benzene ring substituents is 1. The zero-order chi connectivity index (χ0) is 22.1. The number of anilines is 1. The second kappa shape index (κ2) is 9.20. The van der Waals surface area contributed by atoms with Crippen molar-refractivity contribution in [3.8, 4) is 0 Å². The van der Waals surface area contributed by atoms with Crippen molar-refractivity contribution < 1.29 is 4.92 Å². The molecular formula is C26H34N4O2. The first kappa shape index (κ1) is 21.4. The topological polar surface area (TPSA) is 75.6 Å². The number of nitrogens with zero attached hydrogens (tertiary/aromatic N) is 3. The summed E-state index contributed by atoms with van der Waals surface area (Å²) in [7, 11) is 0. The Morgan fingerprint density at radius 2 is 1.19 bits per heavy atom. The van der Waals surface area contributed by atoms with Crippen LogP contribution in [0.3, 0.4) is 0 Å². The fourth-order valence-corrected chi connectivity index (χ4v) is 5.21. The van der Waals surface area contributed by atoms with Gasteiger partial charge in [-0.3, -0.25) is 19.9 Å². The van der Waals surface area contributed by atoms with E-state index < -0.39 is 0 Å². The number of nitrogens with two attached hydrogens (primary N) is 1. The third-order valence-corrected chi connectivity index (χ3v) is 7.43. The second-order valence-electron chi connectivity index (χ2n) is 9.77. The highest BCUT2D eigenvalue weighted by Crippen LogP contribution is 2.30. The number of rotatable bonds is 3. The molecule has 4 aliphatic rings. The van der Waals surface area contributed by atoms with Gasteiger partial charge in [-0.1, -0.05) is 12.1 Å². The Labute approximate surface area is 190 Å². The van der Waals surface area contributed by atoms with E-state index >= 15 is 0 Å². The van der Waals surface area contributed by atoms with E-state index in [1.165, 1.54) is 73.9 Å². The van der Waals surface area contributed by atoms with E-state index in [1.54, 1.807) is 12.1 Å². The monoisotopic (exact) mass is 434 g/mol. The van der Waals surface area contributed by atoms with Crippen molar-refractivity contribution in [3.63, 3.8) is 0 Å². The standard InChI is InChI=1S/C13H16N2O2.C13H18N2/c16-15(17)13-2-1-10-5-7-14(12-3-4-12)8-6-11(10)9-13;14-12-2-1-10-5-7-15(13-3-4-13)8-6-11(10)9-12/h1-2,9,12H,3-8H2;1-2,9,13H,3-8,14H2. The van der Waals surface area contributed by atoms with E-state index in [9.17, 15) is 10.1 Å². The summed E-state index contributed by atoms with van der Waals surface area (Å²) in [6, 6.07) is 13.4. The molecule has 2 N–H and O–H groups in total. The molecule has 2 aromatic carbocycles. The highest BCUT2D eigenvalue weighted by molar-refractivity contribution is 5.45. The van der Waals surface area contributed by atoms with Crippen LogP contribution in [0.1, 0.15) is 47.9 Å². The molecule has 2 aliphatic carbocycles. The smallest absolute Gasteiger partial charge is 0.269 e. The third-order valence-electron chi connectivity index (χ3n) is 7.43. The zero-order valence-corrected chi connectivity index (χ0v) is 18.8. The maximum Gasteiger partial charge on any atom is 0.269 e. The molecule has 32 heavy (non-hydrogen) atoms. The van der Waals surface area contributed by atoms with Crippen LogP contribution in [0.2, 0.25) is 0 Å². The molecule has 2 saturated carbocycles. The van der Waals surface area contributed by atoms with E-state index in [1.807, 2.05) is 12.1 Å². The lowest BCUT2D eigenvalue weighted by atomic mass is 10.0. The maximum atomic E-state index is 10.8. The lowest BCUT2D eigenvalue weighted by Crippen LogP contribution is -2.28. The summed E-state index contributed by atoms with van der Waals surface area (Å²) in [6.45, 7) is 4.62. The van der Waals surface area contributed by atoms with Crippen molar-refractivity contribution >= 4 is 11.4 Å². The van der Waals surface area contributed by atoms with Gasteiger partial charge < -0.3 is 5.73 Å². The minimum absolute atomic E-state index is 0.226. The molecule has 0 radical (unpaired) electrons. The van der Waals surface area contributed by atoms with Crippen LogP contribution < -0.4 is 5.73 Å². The van der Waals surface area contributed by atoms with Crippen LogP contribution in [0.5, 0.6) is 0 Å². The van der Waals surface area contributed by atoms with Crippen molar-refractivity contribution in [2.24, 2.45) is 0 Å². The van der Waals surface area contributed by atoms with Crippen LogP contribution in [0.25, 0.3) is 0 Å². The van der Waals surface area contributed by atoms with Crippen molar-refractivity contribution in [1.29, 1.82) is 0 Å². The molecule has 6 rings (SSSR count). The minimum Gasteiger partial charge on any atom is -0.399 e. The first-order valence-corrected chi connectivity index (χ1v) is 12.2. The van der Waals surface area contributed by atoms with Crippen LogP contribution in [0, 0.1) is 10.1 Å². The Morgan fingerprint density at radius 1 is 0.719 bits per heavy atom. The Balaban J connectivity index is 0.000000136. The van der Waals surface area contributed by atoms with Gasteiger partial charge in [0.05, 0.1) is 4.92 Å². The van der Waals surface area contributed by atoms with Crippen molar-refractivity contribution in [1.82, 2.24) is 9.80 Å². The first-order chi connectivity index (χ1) is 15.6. The van der Waals surface area contributed by atoms with Crippen molar-refractivity contribution in [3.05, 3.63) is 68.8 Å². The molecule has 0 bridgehead atoms. The third kappa shape index (κ3) is 5.13. The fraction of sp³-hybridized carbons (Fsp3) is 0.538. The molecule has 0 unspecified atom stereocenters. The predicted molar refractivity (Wildman–Crippen MR) is 128 cm³/mol. The summed E-state index contributed by atoms with van der Waals surface area (Å²) < 4.78 is 0. The zero-order valence-electron chi connectivity index (χ0n) is 18.8. The summed E-state index contributed by atoms with van der Waals surface area (Å²) in [6.07, 6.45) is 9.85. The fourth-order valence-electron chi connectivity index (χ4n) is 5.21. The van der Waals surface area contributed by atoms with Gasteiger partial charge in [0.25, 0.3) is 5.69 Å². The van der Waals surface area contributed by atoms with Crippen molar-refractivity contribution in [2.45, 2.75) is 63.5 Å². The molecule has 0 spiro atoms. The number of nitro benzene ring substituents is 1. The molecule has 0 amide bonds. The summed E-state index contributed by atoms with van der Waals surface area (Å²) in [5, 5.41) is 10.8. The minimum atomic E-state index is -0.302. The molecule has 2 aromatic rings. The highest BCUT2D eigenvalue weighted by Gasteiger charge is 2.30. The maximum absolute atomic E-state index is 10.8. The van der Waals surface area contributed by atoms with Gasteiger partial charge in [0.15, 0.2) is 0 Å². The number of hydrogen-bond acceptors (Lipinski definition) is 5. The van der Waals surface area contributed by atoms with Gasteiger partial charge in [0.2, 0.25) is 0 Å². The Bertz CT molecular complexity index is 984. The number of nitrogen functional groups attached to an aromatic ring is 1. The van der Waals surface area contributed by atoms with Crippen LogP contribution in [0.15, 0.2) is 36.4 Å². The Morgan fingerprint density at radius 3 is 1.69 bits per heavy atom. The van der Waals surface area contributed by atoms with Gasteiger partial charge in [-0.2, -0.15) is 0 Å². The highest BCUT2D eigenvalue weighted by atomic mass is 16.6. The molecule has 2 fully saturated rings. The lowest BCUT2D eigenvalue weighted by molar-refractivity contribution is -0.384. The van der Waals surface area contributed by atoms with E-state index in [4.69, 9.17) is 5.73 Å². The molecule has 2 heterocycles. The van der Waals surface area contributed by atoms with Crippen LogP contribution >= 0.6 is 0 Å². The molecule has 2 aliphatic heterocycles. The van der Waals surface area contributed by atoms with Crippen LogP contribution in [-0.4, -0.2) is 53.0 Å². The van der Waals surface area contributed by atoms with Gasteiger partial charge in [-0.15, -0.1) is 0 Å². The first-order valence-electron chi connectivity index (χ1n) is 12.2. The number of benzene rings is 2. The molecule has 6 nitrogen and oxygen atoms in total. The largest absolute Gasteiger partial charge is 0.399 e. The normalized spacial score (nSPS) is 21.4. The molecule has 6 heteroatoms. The quantitative estimate of drug-likeness (QED) is 0.449. The molecule has 0 saturated heterocycles. The van der Waals surface area contributed by atoms with Crippen LogP contribution in [-0.2, 0) is 25.7 Å². The predicted octanol–water partition coefficient (Wildman–Crippen LogP) is 3.99. The number of nitro groups is 1. The SMILES string of the molecule is Nc1ccc2c(c1)CCN(C1CC1)CC2.O=[N+]([O-])c1ccc2c(c1)CCN(C1CC1)CC2. The van der Waals surface area contributed by atoms with E-state index in [0.717, 1.165) is 43.7 Å². The van der Waals surface area contributed by atoms with Crippen molar-refractivity contribution in [2.75, 3.05) is 31.9 Å². The average molecular weight is 435 g/mol. The van der Waals surface area contributed by atoms with E-state index in [0.29, 0.717) is 0 Å². The lowest BCUT2D eigenvalue weighted by Gasteiger charge is -2.18. The van der Waals surface area contributed by atoms with Gasteiger partial charge in [-0.25, -0.2) is 0 Å². The molecular weight excluding hydrogens is 400 g/mol. The number of fused-ring (bicyclic) bond motifs is 2. The van der Waals surface area contributed by atoms with Crippen LogP contribution in [0.4, 0.5) is 11.4 Å². The Hall–Kier alpha value is -2.44. The van der Waals surface area contributed by atoms with Gasteiger partial charge in [0, 0.05) is 56.1 Å². The van der Waals surface area contributed by atoms with Gasteiger partial charge in [0.1, 0.15) is 0 Å². The molecule has 0 aromatic heterocycles. The summed E-state index contributed by atoms with van der Waals surface area (Å²) in [5.41, 5.74) is 12.4. The average Bonchev–Trinajstić information content (AvgIpc) is 3.66. The van der Waals surface area contributed by atoms with E-state index in [-0.39, 0.29) is 10.6 Å². The summed E-state index contributed by atoms with van der Waals surface area (Å²) in [5.74, 6) is 0. The Kier molecular flexibility index (Phi) is 6.15. The summed E-state index contributed by atoms with van der Waals surface area (Å²) in [4.78, 5) is 15.6. The van der Waals surface area contributed by atoms with E-state index in [2.05, 4.69) is 21.9 Å². The van der Waals surface area contributed by atoms with Gasteiger partial charge >= 0.3 is 0 Å². The summed E-state index contributed by atoms with van der Waals surface area (Å²) >= 11 is 0. The second-order valence-corrected chi connectivity index (χ2v) is 9.77. The molecule has 170 valence electrons. The number of hydrogen-bond donors (Lipinski definition) is 1. The van der Waals surface area contributed by atoms with Gasteiger partial charge in [-0.05, 0) is 85.8 Å².